The van der Waals surface area contributed by atoms with E-state index in [2.05, 4.69) is 10.2 Å². The van der Waals surface area contributed by atoms with Gasteiger partial charge in [-0.3, -0.25) is 5.10 Å². The van der Waals surface area contributed by atoms with E-state index in [1.165, 1.54) is 4.31 Å². The Labute approximate surface area is 106 Å². The van der Waals surface area contributed by atoms with Crippen molar-refractivity contribution in [2.24, 2.45) is 0 Å². The fourth-order valence-electron chi connectivity index (χ4n) is 2.48. The van der Waals surface area contributed by atoms with Crippen LogP contribution in [0.15, 0.2) is 6.20 Å². The van der Waals surface area contributed by atoms with Gasteiger partial charge in [-0.2, -0.15) is 9.40 Å². The van der Waals surface area contributed by atoms with Crippen molar-refractivity contribution in [3.63, 3.8) is 0 Å². The second kappa shape index (κ2) is 4.97. The smallest absolute Gasteiger partial charge is 0.217 e. The first kappa shape index (κ1) is 13.5. The van der Waals surface area contributed by atoms with E-state index in [4.69, 9.17) is 0 Å². The van der Waals surface area contributed by atoms with Crippen LogP contribution in [0.25, 0.3) is 0 Å². The Hall–Kier alpha value is -0.950. The van der Waals surface area contributed by atoms with Gasteiger partial charge in [0.15, 0.2) is 0 Å². The van der Waals surface area contributed by atoms with E-state index in [9.17, 15) is 12.8 Å². The number of aromatic amines is 1. The molecule has 0 saturated heterocycles. The topological polar surface area (TPSA) is 66.1 Å². The summed E-state index contributed by atoms with van der Waals surface area (Å²) < 4.78 is 39.3. The quantitative estimate of drug-likeness (QED) is 0.890. The molecular formula is C11H18FN3O2S. The molecular weight excluding hydrogens is 257 g/mol. The lowest BCUT2D eigenvalue weighted by Gasteiger charge is -2.26. The van der Waals surface area contributed by atoms with E-state index in [1.807, 2.05) is 13.8 Å². The molecule has 0 spiro atoms. The number of aromatic nitrogens is 2. The number of hydrogen-bond acceptors (Lipinski definition) is 3. The molecule has 0 radical (unpaired) electrons. The number of rotatable bonds is 5. The Morgan fingerprint density at radius 2 is 2.22 bits per heavy atom. The molecule has 7 heteroatoms. The zero-order chi connectivity index (χ0) is 13.3. The number of hydrogen-bond donors (Lipinski definition) is 1. The Morgan fingerprint density at radius 3 is 2.78 bits per heavy atom. The second-order valence-corrected chi connectivity index (χ2v) is 6.67. The Balaban J connectivity index is 2.33. The van der Waals surface area contributed by atoms with Crippen LogP contribution in [-0.4, -0.2) is 34.8 Å². The number of fused-ring (bicyclic) bond motifs is 1. The zero-order valence-electron chi connectivity index (χ0n) is 10.6. The normalized spacial score (nSPS) is 20.6. The van der Waals surface area contributed by atoms with Crippen molar-refractivity contribution in [1.29, 1.82) is 0 Å². The van der Waals surface area contributed by atoms with E-state index in [-0.39, 0.29) is 6.54 Å². The van der Waals surface area contributed by atoms with Crippen molar-refractivity contribution in [1.82, 2.24) is 14.5 Å². The highest BCUT2D eigenvalue weighted by molar-refractivity contribution is 7.89. The lowest BCUT2D eigenvalue weighted by atomic mass is 10.2. The summed E-state index contributed by atoms with van der Waals surface area (Å²) in [7, 11) is -3.45. The van der Waals surface area contributed by atoms with Gasteiger partial charge in [0.25, 0.3) is 0 Å². The molecule has 0 bridgehead atoms. The molecule has 0 aliphatic carbocycles. The molecule has 0 amide bonds. The number of halogens is 1. The third-order valence-electron chi connectivity index (χ3n) is 3.56. The highest BCUT2D eigenvalue weighted by atomic mass is 32.2. The third-order valence-corrected chi connectivity index (χ3v) is 6.11. The second-order valence-electron chi connectivity index (χ2n) is 4.51. The first-order chi connectivity index (χ1) is 8.56. The van der Waals surface area contributed by atoms with Crippen molar-refractivity contribution < 1.29 is 12.8 Å². The number of nitrogens with one attached hydrogen (secondary N) is 1. The van der Waals surface area contributed by atoms with Gasteiger partial charge in [0.2, 0.25) is 10.0 Å². The molecule has 0 saturated carbocycles. The van der Waals surface area contributed by atoms with Gasteiger partial charge in [-0.25, -0.2) is 12.8 Å². The van der Waals surface area contributed by atoms with Crippen LogP contribution in [0.1, 0.15) is 44.0 Å². The van der Waals surface area contributed by atoms with Crippen LogP contribution < -0.4 is 0 Å². The SMILES string of the molecule is CCC(CC)S(=O)(=O)N1Cc2cn[nH]c2C1CF. The number of alkyl halides is 1. The Morgan fingerprint density at radius 1 is 1.56 bits per heavy atom. The number of nitrogens with zero attached hydrogens (tertiary/aromatic N) is 2. The zero-order valence-corrected chi connectivity index (χ0v) is 11.4. The van der Waals surface area contributed by atoms with Crippen molar-refractivity contribution in [3.8, 4) is 0 Å². The molecule has 1 unspecified atom stereocenters. The summed E-state index contributed by atoms with van der Waals surface area (Å²) in [6.45, 7) is 3.17. The predicted molar refractivity (Wildman–Crippen MR) is 66.1 cm³/mol. The average Bonchev–Trinajstić information content (AvgIpc) is 2.89. The molecule has 5 nitrogen and oxygen atoms in total. The molecule has 2 rings (SSSR count). The molecule has 1 aromatic rings. The van der Waals surface area contributed by atoms with Crippen LogP contribution in [0.4, 0.5) is 4.39 Å². The summed E-state index contributed by atoms with van der Waals surface area (Å²) in [6, 6.07) is -0.743. The Kier molecular flexibility index (Phi) is 3.72. The maximum Gasteiger partial charge on any atom is 0.217 e. The lowest BCUT2D eigenvalue weighted by Crippen LogP contribution is -2.38. The van der Waals surface area contributed by atoms with Gasteiger partial charge < -0.3 is 0 Å². The van der Waals surface area contributed by atoms with Crippen LogP contribution in [0.3, 0.4) is 0 Å². The maximum absolute atomic E-state index is 13.2. The monoisotopic (exact) mass is 275 g/mol. The molecule has 1 atom stereocenters. The molecule has 18 heavy (non-hydrogen) atoms. The van der Waals surface area contributed by atoms with Crippen LogP contribution >= 0.6 is 0 Å². The molecule has 1 aliphatic rings. The average molecular weight is 275 g/mol. The Bertz CT molecular complexity index is 510. The summed E-state index contributed by atoms with van der Waals surface area (Å²) in [5.74, 6) is 0. The van der Waals surface area contributed by atoms with Gasteiger partial charge in [0.1, 0.15) is 6.67 Å². The maximum atomic E-state index is 13.2. The van der Waals surface area contributed by atoms with Crippen molar-refractivity contribution >= 4 is 10.0 Å². The van der Waals surface area contributed by atoms with Gasteiger partial charge in [0.05, 0.1) is 23.2 Å². The fourth-order valence-corrected chi connectivity index (χ4v) is 4.54. The van der Waals surface area contributed by atoms with E-state index in [1.54, 1.807) is 6.20 Å². The molecule has 1 aliphatic heterocycles. The minimum atomic E-state index is -3.45. The summed E-state index contributed by atoms with van der Waals surface area (Å²) in [5.41, 5.74) is 1.36. The summed E-state index contributed by atoms with van der Waals surface area (Å²) in [6.07, 6.45) is 2.65. The molecule has 102 valence electrons. The third kappa shape index (κ3) is 1.95. The molecule has 0 fully saturated rings. The van der Waals surface area contributed by atoms with E-state index < -0.39 is 28.0 Å². The molecule has 1 aromatic heterocycles. The molecule has 2 heterocycles. The fraction of sp³-hybridized carbons (Fsp3) is 0.727. The van der Waals surface area contributed by atoms with Crippen LogP contribution in [0.5, 0.6) is 0 Å². The van der Waals surface area contributed by atoms with Crippen molar-refractivity contribution in [3.05, 3.63) is 17.5 Å². The van der Waals surface area contributed by atoms with Gasteiger partial charge in [-0.05, 0) is 12.8 Å². The number of H-pyrrole nitrogens is 1. The summed E-state index contributed by atoms with van der Waals surface area (Å²) in [5, 5.41) is 6.09. The van der Waals surface area contributed by atoms with Gasteiger partial charge in [0, 0.05) is 12.1 Å². The van der Waals surface area contributed by atoms with Crippen molar-refractivity contribution in [2.45, 2.75) is 44.5 Å². The van der Waals surface area contributed by atoms with Gasteiger partial charge >= 0.3 is 0 Å². The molecule has 0 aromatic carbocycles. The number of sulfonamides is 1. The largest absolute Gasteiger partial charge is 0.280 e. The highest BCUT2D eigenvalue weighted by Crippen LogP contribution is 2.36. The molecule has 1 N–H and O–H groups in total. The minimum absolute atomic E-state index is 0.221. The van der Waals surface area contributed by atoms with E-state index in [0.29, 0.717) is 18.5 Å². The van der Waals surface area contributed by atoms with Crippen LogP contribution in [-0.2, 0) is 16.6 Å². The van der Waals surface area contributed by atoms with Crippen LogP contribution in [0, 0.1) is 0 Å². The first-order valence-electron chi connectivity index (χ1n) is 6.14. The predicted octanol–water partition coefficient (Wildman–Crippen LogP) is 1.75. The first-order valence-corrected chi connectivity index (χ1v) is 7.65. The van der Waals surface area contributed by atoms with E-state index in [0.717, 1.165) is 5.56 Å². The van der Waals surface area contributed by atoms with E-state index >= 15 is 0 Å². The van der Waals surface area contributed by atoms with Gasteiger partial charge in [-0.1, -0.05) is 13.8 Å². The standard InChI is InChI=1S/C11H18FN3O2S/c1-3-9(4-2)18(16,17)15-7-8-6-13-14-11(8)10(15)5-12/h6,9-10H,3-5,7H2,1-2H3,(H,13,14). The highest BCUT2D eigenvalue weighted by Gasteiger charge is 2.42. The van der Waals surface area contributed by atoms with Crippen LogP contribution in [0.2, 0.25) is 0 Å². The minimum Gasteiger partial charge on any atom is -0.280 e. The van der Waals surface area contributed by atoms with Gasteiger partial charge in [-0.15, -0.1) is 0 Å². The van der Waals surface area contributed by atoms with Crippen molar-refractivity contribution in [2.75, 3.05) is 6.67 Å². The summed E-state index contributed by atoms with van der Waals surface area (Å²) >= 11 is 0. The lowest BCUT2D eigenvalue weighted by molar-refractivity contribution is 0.277. The summed E-state index contributed by atoms with van der Waals surface area (Å²) in [4.78, 5) is 0.